The van der Waals surface area contributed by atoms with Crippen molar-refractivity contribution in [2.75, 3.05) is 5.32 Å². The van der Waals surface area contributed by atoms with E-state index in [1.807, 2.05) is 18.2 Å². The van der Waals surface area contributed by atoms with E-state index in [-0.39, 0.29) is 11.5 Å². The van der Waals surface area contributed by atoms with Crippen LogP contribution in [0, 0.1) is 5.41 Å². The number of ether oxygens (including phenoxy) is 1. The Hall–Kier alpha value is -0.890. The molecule has 3 rings (SSSR count). The molecule has 0 saturated heterocycles. The zero-order valence-electron chi connectivity index (χ0n) is 10.3. The molecular formula is C14H18ClNO. The fraction of sp³-hybridized carbons (Fsp3) is 0.571. The molecule has 2 aliphatic rings. The molecular weight excluding hydrogens is 234 g/mol. The first-order chi connectivity index (χ1) is 8.06. The van der Waals surface area contributed by atoms with Crippen molar-refractivity contribution in [2.45, 2.75) is 45.3 Å². The molecule has 1 heterocycles. The van der Waals surface area contributed by atoms with Crippen molar-refractivity contribution in [3.05, 3.63) is 23.2 Å². The molecule has 1 saturated carbocycles. The Kier molecular flexibility index (Phi) is 2.51. The van der Waals surface area contributed by atoms with E-state index < -0.39 is 0 Å². The van der Waals surface area contributed by atoms with Crippen LogP contribution in [0.4, 0.5) is 5.69 Å². The van der Waals surface area contributed by atoms with Crippen molar-refractivity contribution in [1.82, 2.24) is 0 Å². The summed E-state index contributed by atoms with van der Waals surface area (Å²) in [5.41, 5.74) is 1.28. The monoisotopic (exact) mass is 251 g/mol. The fourth-order valence-electron chi connectivity index (χ4n) is 3.06. The van der Waals surface area contributed by atoms with Crippen LogP contribution in [-0.2, 0) is 0 Å². The molecule has 0 spiro atoms. The largest absolute Gasteiger partial charge is 0.486 e. The Bertz CT molecular complexity index is 444. The highest BCUT2D eigenvalue weighted by Crippen LogP contribution is 2.44. The van der Waals surface area contributed by atoms with Crippen molar-refractivity contribution in [2.24, 2.45) is 5.41 Å². The van der Waals surface area contributed by atoms with Crippen molar-refractivity contribution in [3.63, 3.8) is 0 Å². The molecule has 1 aliphatic carbocycles. The number of fused-ring (bicyclic) bond motifs is 2. The second-order valence-electron chi connectivity index (χ2n) is 5.81. The lowest BCUT2D eigenvalue weighted by atomic mass is 9.72. The topological polar surface area (TPSA) is 21.3 Å². The predicted molar refractivity (Wildman–Crippen MR) is 70.9 cm³/mol. The highest BCUT2D eigenvalue weighted by molar-refractivity contribution is 6.30. The number of benzene rings is 1. The summed E-state index contributed by atoms with van der Waals surface area (Å²) in [4.78, 5) is 0. The van der Waals surface area contributed by atoms with Gasteiger partial charge in [-0.2, -0.15) is 0 Å². The highest BCUT2D eigenvalue weighted by atomic mass is 35.5. The molecule has 2 unspecified atom stereocenters. The zero-order chi connectivity index (χ0) is 12.0. The lowest BCUT2D eigenvalue weighted by Gasteiger charge is -2.47. The van der Waals surface area contributed by atoms with Gasteiger partial charge >= 0.3 is 0 Å². The molecule has 1 N–H and O–H groups in total. The molecule has 1 fully saturated rings. The van der Waals surface area contributed by atoms with Crippen LogP contribution in [0.5, 0.6) is 5.75 Å². The average molecular weight is 252 g/mol. The lowest BCUT2D eigenvalue weighted by Crippen LogP contribution is -2.52. The number of nitrogens with one attached hydrogen (secondary N) is 1. The minimum Gasteiger partial charge on any atom is -0.486 e. The maximum Gasteiger partial charge on any atom is 0.143 e. The first kappa shape index (κ1) is 11.2. The van der Waals surface area contributed by atoms with Crippen molar-refractivity contribution >= 4 is 17.3 Å². The molecule has 1 aromatic carbocycles. The Balaban J connectivity index is 1.96. The summed E-state index contributed by atoms with van der Waals surface area (Å²) in [6, 6.07) is 6.23. The first-order valence-electron chi connectivity index (χ1n) is 6.29. The number of rotatable bonds is 0. The normalized spacial score (nSPS) is 29.6. The van der Waals surface area contributed by atoms with E-state index in [2.05, 4.69) is 19.2 Å². The van der Waals surface area contributed by atoms with Crippen LogP contribution in [-0.4, -0.2) is 12.1 Å². The number of hydrogen-bond acceptors (Lipinski definition) is 2. The molecule has 1 aliphatic heterocycles. The maximum absolute atomic E-state index is 6.18. The summed E-state index contributed by atoms with van der Waals surface area (Å²) in [5.74, 6) is 0.936. The summed E-state index contributed by atoms with van der Waals surface area (Å²) < 4.78 is 6.18. The van der Waals surface area contributed by atoms with Gasteiger partial charge in [-0.15, -0.1) is 0 Å². The molecule has 0 bridgehead atoms. The standard InChI is InChI=1S/C14H18ClNO/c1-14(2)7-3-4-10-13(14)17-12-6-5-9(15)8-11(12)16-10/h5-6,8,10,13,16H,3-4,7H2,1-2H3. The Labute approximate surface area is 107 Å². The summed E-state index contributed by atoms with van der Waals surface area (Å²) in [6.45, 7) is 4.60. The Morgan fingerprint density at radius 3 is 3.06 bits per heavy atom. The SMILES string of the molecule is CC1(C)CCCC2Nc3cc(Cl)ccc3OC21. The Morgan fingerprint density at radius 2 is 2.24 bits per heavy atom. The van der Waals surface area contributed by atoms with Gasteiger partial charge in [-0.05, 0) is 31.0 Å². The van der Waals surface area contributed by atoms with Crippen LogP contribution in [0.2, 0.25) is 5.02 Å². The third-order valence-electron chi connectivity index (χ3n) is 4.01. The van der Waals surface area contributed by atoms with Gasteiger partial charge in [-0.1, -0.05) is 31.9 Å². The third kappa shape index (κ3) is 1.89. The molecule has 1 aromatic rings. The van der Waals surface area contributed by atoms with Gasteiger partial charge in [0.05, 0.1) is 11.7 Å². The van der Waals surface area contributed by atoms with E-state index in [1.165, 1.54) is 19.3 Å². The lowest BCUT2D eigenvalue weighted by molar-refractivity contribution is 0.0176. The van der Waals surface area contributed by atoms with Crippen LogP contribution in [0.25, 0.3) is 0 Å². The van der Waals surface area contributed by atoms with Gasteiger partial charge in [0.1, 0.15) is 11.9 Å². The molecule has 0 aromatic heterocycles. The summed E-state index contributed by atoms with van der Waals surface area (Å²) >= 11 is 6.01. The van der Waals surface area contributed by atoms with Crippen LogP contribution in [0.1, 0.15) is 33.1 Å². The summed E-state index contributed by atoms with van der Waals surface area (Å²) in [7, 11) is 0. The van der Waals surface area contributed by atoms with Gasteiger partial charge in [0.2, 0.25) is 0 Å². The number of anilines is 1. The van der Waals surface area contributed by atoms with Crippen molar-refractivity contribution < 1.29 is 4.74 Å². The van der Waals surface area contributed by atoms with Crippen LogP contribution in [0.3, 0.4) is 0 Å². The Morgan fingerprint density at radius 1 is 1.41 bits per heavy atom. The van der Waals surface area contributed by atoms with E-state index in [9.17, 15) is 0 Å². The predicted octanol–water partition coefficient (Wildman–Crippen LogP) is 4.09. The molecule has 2 atom stereocenters. The van der Waals surface area contributed by atoms with E-state index >= 15 is 0 Å². The van der Waals surface area contributed by atoms with Gasteiger partial charge < -0.3 is 10.1 Å². The second kappa shape index (κ2) is 3.81. The van der Waals surface area contributed by atoms with Gasteiger partial charge in [-0.25, -0.2) is 0 Å². The minimum atomic E-state index is 0.243. The van der Waals surface area contributed by atoms with Crippen molar-refractivity contribution in [1.29, 1.82) is 0 Å². The van der Waals surface area contributed by atoms with E-state index in [0.717, 1.165) is 16.5 Å². The van der Waals surface area contributed by atoms with E-state index in [1.54, 1.807) is 0 Å². The molecule has 0 radical (unpaired) electrons. The second-order valence-corrected chi connectivity index (χ2v) is 6.25. The number of halogens is 1. The maximum atomic E-state index is 6.18. The van der Waals surface area contributed by atoms with E-state index in [4.69, 9.17) is 16.3 Å². The fourth-order valence-corrected chi connectivity index (χ4v) is 3.23. The van der Waals surface area contributed by atoms with Gasteiger partial charge in [0.15, 0.2) is 0 Å². The zero-order valence-corrected chi connectivity index (χ0v) is 11.1. The molecule has 17 heavy (non-hydrogen) atoms. The molecule has 0 amide bonds. The highest BCUT2D eigenvalue weighted by Gasteiger charge is 2.43. The molecule has 92 valence electrons. The smallest absolute Gasteiger partial charge is 0.143 e. The quantitative estimate of drug-likeness (QED) is 0.750. The van der Waals surface area contributed by atoms with E-state index in [0.29, 0.717) is 6.04 Å². The van der Waals surface area contributed by atoms with Crippen molar-refractivity contribution in [3.8, 4) is 5.75 Å². The van der Waals surface area contributed by atoms with Gasteiger partial charge in [0, 0.05) is 10.4 Å². The summed E-state index contributed by atoms with van der Waals surface area (Å²) in [5, 5.41) is 4.34. The third-order valence-corrected chi connectivity index (χ3v) is 4.24. The molecule has 2 nitrogen and oxygen atoms in total. The number of hydrogen-bond donors (Lipinski definition) is 1. The first-order valence-corrected chi connectivity index (χ1v) is 6.67. The summed E-state index contributed by atoms with van der Waals surface area (Å²) in [6.07, 6.45) is 3.95. The minimum absolute atomic E-state index is 0.243. The van der Waals surface area contributed by atoms with Gasteiger partial charge in [-0.3, -0.25) is 0 Å². The van der Waals surface area contributed by atoms with Gasteiger partial charge in [0.25, 0.3) is 0 Å². The average Bonchev–Trinajstić information content (AvgIpc) is 2.26. The van der Waals surface area contributed by atoms with Crippen LogP contribution < -0.4 is 10.1 Å². The van der Waals surface area contributed by atoms with Crippen LogP contribution >= 0.6 is 11.6 Å². The van der Waals surface area contributed by atoms with Crippen LogP contribution in [0.15, 0.2) is 18.2 Å². The molecule has 3 heteroatoms.